The zero-order valence-electron chi connectivity index (χ0n) is 26.7. The molecule has 0 radical (unpaired) electrons. The quantitative estimate of drug-likeness (QED) is 0.164. The predicted octanol–water partition coefficient (Wildman–Crippen LogP) is 6.45. The Kier molecular flexibility index (Phi) is 10.8. The number of phenolic OH excluding ortho intramolecular Hbond substituents is 1. The Labute approximate surface area is 274 Å². The molecule has 2 fully saturated rings. The van der Waals surface area contributed by atoms with Gasteiger partial charge in [-0.3, -0.25) is 13.9 Å². The standard InChI is InChI=1S/C21H25NO.C15H14O4.H2O4S/c1-22-18-12-13-19(22)15-20(14-18)23-21(16-8-4-2-5-9-16)17-10-6-3-7-11-17;1-8-3-4-10-12(18-7-8)6-13-14(15(10)17)11(16)5-9(2)19-13;1-5(2,3)4/h2-11,18-21H,12-15H2,1H3;3,5-6,17H,4,7H2,1-2H3;(H2,1,2,3,4). The third-order valence-corrected chi connectivity index (χ3v) is 8.88. The molecule has 10 nitrogen and oxygen atoms in total. The monoisotopic (exact) mass is 663 g/mol. The summed E-state index contributed by atoms with van der Waals surface area (Å²) in [6, 6.07) is 25.8. The van der Waals surface area contributed by atoms with Crippen molar-refractivity contribution in [1.82, 2.24) is 4.90 Å². The van der Waals surface area contributed by atoms with E-state index in [9.17, 15) is 9.90 Å². The van der Waals surface area contributed by atoms with Gasteiger partial charge in [0.2, 0.25) is 0 Å². The van der Waals surface area contributed by atoms with Crippen LogP contribution in [-0.4, -0.2) is 59.4 Å². The highest BCUT2D eigenvalue weighted by molar-refractivity contribution is 7.79. The molecule has 2 saturated heterocycles. The molecule has 0 aliphatic carbocycles. The van der Waals surface area contributed by atoms with Gasteiger partial charge in [-0.2, -0.15) is 8.42 Å². The van der Waals surface area contributed by atoms with Crippen LogP contribution < -0.4 is 10.2 Å². The van der Waals surface area contributed by atoms with Gasteiger partial charge in [0, 0.05) is 29.8 Å². The Bertz CT molecular complexity index is 1810. The van der Waals surface area contributed by atoms with Crippen molar-refractivity contribution < 1.29 is 36.5 Å². The second-order valence-corrected chi connectivity index (χ2v) is 13.2. The lowest BCUT2D eigenvalue weighted by molar-refractivity contribution is -0.0426. The summed E-state index contributed by atoms with van der Waals surface area (Å²) >= 11 is 0. The van der Waals surface area contributed by atoms with Gasteiger partial charge in [-0.05, 0) is 69.7 Å². The van der Waals surface area contributed by atoms with Crippen molar-refractivity contribution >= 4 is 21.4 Å². The van der Waals surface area contributed by atoms with E-state index in [4.69, 9.17) is 31.4 Å². The number of aromatic hydroxyl groups is 1. The molecule has 3 N–H and O–H groups in total. The molecule has 3 aliphatic heterocycles. The summed E-state index contributed by atoms with van der Waals surface area (Å²) in [5, 5.41) is 10.5. The molecule has 0 amide bonds. The number of phenols is 1. The first-order valence-corrected chi connectivity index (χ1v) is 17.0. The predicted molar refractivity (Wildman–Crippen MR) is 179 cm³/mol. The Morgan fingerprint density at radius 2 is 1.47 bits per heavy atom. The molecular formula is C36H41NO9S. The molecule has 3 aliphatic rings. The third-order valence-electron chi connectivity index (χ3n) is 8.88. The lowest BCUT2D eigenvalue weighted by Crippen LogP contribution is -2.43. The van der Waals surface area contributed by atoms with Gasteiger partial charge in [0.1, 0.15) is 40.9 Å². The Morgan fingerprint density at radius 1 is 0.915 bits per heavy atom. The molecular weight excluding hydrogens is 622 g/mol. The number of aryl methyl sites for hydroxylation is 1. The molecule has 11 heteroatoms. The van der Waals surface area contributed by atoms with Gasteiger partial charge >= 0.3 is 10.4 Å². The SMILES string of the molecule is CC1=CCc2c(cc3oc(C)cc(=O)c3c2O)OC1.CN1C2CCC1CC(OC(c1ccccc1)c1ccccc1)C2.O=S(=O)(O)O. The van der Waals surface area contributed by atoms with Crippen LogP contribution in [0.2, 0.25) is 0 Å². The highest BCUT2D eigenvalue weighted by Crippen LogP contribution is 2.39. The Hall–Kier alpha value is -4.00. The van der Waals surface area contributed by atoms with Crippen LogP contribution >= 0.6 is 0 Å². The second kappa shape index (κ2) is 14.8. The van der Waals surface area contributed by atoms with Crippen molar-refractivity contribution in [2.45, 2.75) is 70.2 Å². The normalized spacial score (nSPS) is 20.6. The van der Waals surface area contributed by atoms with Crippen LogP contribution in [0.15, 0.2) is 93.7 Å². The molecule has 2 atom stereocenters. The second-order valence-electron chi connectivity index (χ2n) is 12.3. The van der Waals surface area contributed by atoms with E-state index >= 15 is 0 Å². The summed E-state index contributed by atoms with van der Waals surface area (Å²) < 4.78 is 49.4. The van der Waals surface area contributed by atoms with Crippen LogP contribution in [0.1, 0.15) is 61.2 Å². The molecule has 47 heavy (non-hydrogen) atoms. The highest BCUT2D eigenvalue weighted by Gasteiger charge is 2.39. The number of hydrogen-bond donors (Lipinski definition) is 3. The van der Waals surface area contributed by atoms with E-state index in [2.05, 4.69) is 72.6 Å². The van der Waals surface area contributed by atoms with Crippen molar-refractivity contribution in [2.24, 2.45) is 0 Å². The van der Waals surface area contributed by atoms with Crippen molar-refractivity contribution in [2.75, 3.05) is 13.7 Å². The maximum Gasteiger partial charge on any atom is 0.394 e. The number of piperidine rings is 1. The maximum atomic E-state index is 12.0. The van der Waals surface area contributed by atoms with Crippen LogP contribution in [-0.2, 0) is 21.6 Å². The molecule has 3 aromatic carbocycles. The van der Waals surface area contributed by atoms with E-state index < -0.39 is 10.4 Å². The van der Waals surface area contributed by atoms with Gasteiger partial charge in [-0.15, -0.1) is 0 Å². The van der Waals surface area contributed by atoms with E-state index in [1.54, 1.807) is 13.0 Å². The number of allylic oxidation sites excluding steroid dienone is 1. The number of fused-ring (bicyclic) bond motifs is 4. The first-order chi connectivity index (χ1) is 22.4. The van der Waals surface area contributed by atoms with Crippen LogP contribution in [0.25, 0.3) is 11.0 Å². The first kappa shape index (κ1) is 34.3. The minimum atomic E-state index is -4.67. The topological polar surface area (TPSA) is 147 Å². The van der Waals surface area contributed by atoms with E-state index in [0.29, 0.717) is 53.9 Å². The molecule has 250 valence electrons. The summed E-state index contributed by atoms with van der Waals surface area (Å²) in [4.78, 5) is 14.5. The minimum Gasteiger partial charge on any atom is -0.507 e. The zero-order valence-corrected chi connectivity index (χ0v) is 27.5. The number of ether oxygens (including phenoxy) is 2. The first-order valence-electron chi connectivity index (χ1n) is 15.6. The molecule has 2 unspecified atom stereocenters. The van der Waals surface area contributed by atoms with Gasteiger partial charge < -0.3 is 23.9 Å². The van der Waals surface area contributed by atoms with Gasteiger partial charge in [0.05, 0.1) is 6.10 Å². The third kappa shape index (κ3) is 8.88. The van der Waals surface area contributed by atoms with Crippen molar-refractivity contribution in [1.29, 1.82) is 0 Å². The summed E-state index contributed by atoms with van der Waals surface area (Å²) in [5.74, 6) is 1.05. The van der Waals surface area contributed by atoms with Crippen molar-refractivity contribution in [3.8, 4) is 11.5 Å². The summed E-state index contributed by atoms with van der Waals surface area (Å²) in [6.45, 7) is 4.15. The minimum absolute atomic E-state index is 0.0350. The molecule has 7 rings (SSSR count). The van der Waals surface area contributed by atoms with E-state index in [1.165, 1.54) is 42.9 Å². The average Bonchev–Trinajstić information content (AvgIpc) is 3.16. The average molecular weight is 664 g/mol. The number of benzene rings is 3. The van der Waals surface area contributed by atoms with Crippen LogP contribution in [0.5, 0.6) is 11.5 Å². The largest absolute Gasteiger partial charge is 0.507 e. The van der Waals surface area contributed by atoms with E-state index in [-0.39, 0.29) is 22.7 Å². The fourth-order valence-corrected chi connectivity index (χ4v) is 6.56. The molecule has 4 heterocycles. The van der Waals surface area contributed by atoms with Crippen molar-refractivity contribution in [3.05, 3.63) is 117 Å². The van der Waals surface area contributed by atoms with Gasteiger partial charge in [-0.1, -0.05) is 66.7 Å². The lowest BCUT2D eigenvalue weighted by Gasteiger charge is -2.38. The fraction of sp³-hybridized carbons (Fsp3) is 0.361. The Balaban J connectivity index is 0.000000164. The molecule has 4 aromatic rings. The zero-order chi connectivity index (χ0) is 33.7. The van der Waals surface area contributed by atoms with Crippen LogP contribution in [0, 0.1) is 6.92 Å². The number of rotatable bonds is 4. The number of hydrogen-bond acceptors (Lipinski definition) is 8. The van der Waals surface area contributed by atoms with E-state index in [1.807, 2.05) is 13.0 Å². The summed E-state index contributed by atoms with van der Waals surface area (Å²) in [7, 11) is -2.38. The highest BCUT2D eigenvalue weighted by atomic mass is 32.3. The maximum absolute atomic E-state index is 12.0. The summed E-state index contributed by atoms with van der Waals surface area (Å²) in [5.41, 5.74) is 4.37. The number of nitrogens with zero attached hydrogens (tertiary/aromatic N) is 1. The molecule has 0 spiro atoms. The Morgan fingerprint density at radius 3 is 2.02 bits per heavy atom. The lowest BCUT2D eigenvalue weighted by atomic mass is 9.97. The van der Waals surface area contributed by atoms with Gasteiger partial charge in [-0.25, -0.2) is 0 Å². The van der Waals surface area contributed by atoms with Crippen LogP contribution in [0.4, 0.5) is 0 Å². The van der Waals surface area contributed by atoms with Gasteiger partial charge in [0.25, 0.3) is 0 Å². The van der Waals surface area contributed by atoms with Gasteiger partial charge in [0.15, 0.2) is 5.43 Å². The summed E-state index contributed by atoms with van der Waals surface area (Å²) in [6.07, 6.45) is 7.97. The van der Waals surface area contributed by atoms with Crippen LogP contribution in [0.3, 0.4) is 0 Å². The fourth-order valence-electron chi connectivity index (χ4n) is 6.56. The molecule has 2 bridgehead atoms. The molecule has 1 aromatic heterocycles. The molecule has 0 saturated carbocycles. The smallest absolute Gasteiger partial charge is 0.394 e. The van der Waals surface area contributed by atoms with Crippen molar-refractivity contribution in [3.63, 3.8) is 0 Å². The van der Waals surface area contributed by atoms with E-state index in [0.717, 1.165) is 5.57 Å².